The second-order valence-corrected chi connectivity index (χ2v) is 4.69. The molecule has 1 aliphatic heterocycles. The van der Waals surface area contributed by atoms with Gasteiger partial charge in [0.2, 0.25) is 0 Å². The minimum atomic E-state index is -0.176. The Morgan fingerprint density at radius 1 is 0.947 bits per heavy atom. The van der Waals surface area contributed by atoms with Gasteiger partial charge in [-0.25, -0.2) is 0 Å². The minimum Gasteiger partial charge on any atom is -0.508 e. The predicted molar refractivity (Wildman–Crippen MR) is 69.6 cm³/mol. The highest BCUT2D eigenvalue weighted by Crippen LogP contribution is 2.40. The van der Waals surface area contributed by atoms with Crippen molar-refractivity contribution in [3.8, 4) is 23.0 Å². The van der Waals surface area contributed by atoms with E-state index in [9.17, 15) is 15.3 Å². The van der Waals surface area contributed by atoms with Crippen LogP contribution >= 0.6 is 0 Å². The van der Waals surface area contributed by atoms with Crippen LogP contribution in [-0.4, -0.2) is 15.3 Å². The zero-order chi connectivity index (χ0) is 13.4. The summed E-state index contributed by atoms with van der Waals surface area (Å²) >= 11 is 0. The second-order valence-electron chi connectivity index (χ2n) is 4.69. The van der Waals surface area contributed by atoms with Crippen molar-refractivity contribution in [2.75, 3.05) is 0 Å². The van der Waals surface area contributed by atoms with Crippen molar-refractivity contribution in [3.05, 3.63) is 47.5 Å². The molecule has 19 heavy (non-hydrogen) atoms. The molecule has 1 heterocycles. The zero-order valence-corrected chi connectivity index (χ0v) is 10.2. The normalized spacial score (nSPS) is 17.6. The van der Waals surface area contributed by atoms with Gasteiger partial charge in [0.1, 0.15) is 17.6 Å². The standard InChI is InChI=1S/C15H14O4/c16-11-4-1-9(2-5-11)14-6-3-10-7-12(17)13(18)8-15(10)19-14/h1-2,4-5,7-8,14,16-18H,3,6H2/t14-/m1/s1. The van der Waals surface area contributed by atoms with E-state index < -0.39 is 0 Å². The molecule has 2 aromatic rings. The number of phenols is 3. The molecule has 0 unspecified atom stereocenters. The van der Waals surface area contributed by atoms with Crippen molar-refractivity contribution in [3.63, 3.8) is 0 Å². The molecule has 0 aromatic heterocycles. The molecule has 1 atom stereocenters. The summed E-state index contributed by atoms with van der Waals surface area (Å²) in [5.74, 6) is 0.526. The molecule has 0 spiro atoms. The number of fused-ring (bicyclic) bond motifs is 1. The van der Waals surface area contributed by atoms with Gasteiger partial charge in [-0.05, 0) is 42.2 Å². The highest BCUT2D eigenvalue weighted by Gasteiger charge is 2.22. The van der Waals surface area contributed by atoms with Gasteiger partial charge in [0.25, 0.3) is 0 Å². The SMILES string of the molecule is Oc1ccc([C@H]2CCc3cc(O)c(O)cc3O2)cc1. The van der Waals surface area contributed by atoms with E-state index in [2.05, 4.69) is 0 Å². The number of rotatable bonds is 1. The number of phenolic OH excluding ortho intramolecular Hbond substituents is 3. The van der Waals surface area contributed by atoms with Crippen LogP contribution in [0.5, 0.6) is 23.0 Å². The van der Waals surface area contributed by atoms with E-state index >= 15 is 0 Å². The molecule has 0 saturated heterocycles. The molecule has 0 amide bonds. The summed E-state index contributed by atoms with van der Waals surface area (Å²) in [5.41, 5.74) is 1.88. The topological polar surface area (TPSA) is 69.9 Å². The Morgan fingerprint density at radius 2 is 1.63 bits per heavy atom. The lowest BCUT2D eigenvalue weighted by atomic mass is 9.97. The van der Waals surface area contributed by atoms with Crippen LogP contribution in [0.1, 0.15) is 23.7 Å². The fraction of sp³-hybridized carbons (Fsp3) is 0.200. The average molecular weight is 258 g/mol. The number of benzene rings is 2. The van der Waals surface area contributed by atoms with E-state index in [4.69, 9.17) is 4.74 Å². The number of aromatic hydroxyl groups is 3. The summed E-state index contributed by atoms with van der Waals surface area (Å²) in [7, 11) is 0. The molecule has 4 heteroatoms. The first kappa shape index (κ1) is 11.7. The Kier molecular flexibility index (Phi) is 2.71. The summed E-state index contributed by atoms with van der Waals surface area (Å²) in [6.45, 7) is 0. The number of hydrogen-bond acceptors (Lipinski definition) is 4. The molecule has 2 aromatic carbocycles. The van der Waals surface area contributed by atoms with Gasteiger partial charge in [-0.15, -0.1) is 0 Å². The number of ether oxygens (including phenoxy) is 1. The van der Waals surface area contributed by atoms with E-state index in [1.807, 2.05) is 12.1 Å². The first-order valence-electron chi connectivity index (χ1n) is 6.14. The number of aryl methyl sites for hydroxylation is 1. The van der Waals surface area contributed by atoms with Crippen LogP contribution in [0.25, 0.3) is 0 Å². The maximum atomic E-state index is 9.51. The molecule has 3 N–H and O–H groups in total. The second kappa shape index (κ2) is 4.39. The van der Waals surface area contributed by atoms with Crippen LogP contribution < -0.4 is 4.74 Å². The lowest BCUT2D eigenvalue weighted by molar-refractivity contribution is 0.175. The molecule has 0 saturated carbocycles. The van der Waals surface area contributed by atoms with E-state index in [-0.39, 0.29) is 23.4 Å². The largest absolute Gasteiger partial charge is 0.508 e. The maximum absolute atomic E-state index is 9.51. The van der Waals surface area contributed by atoms with Gasteiger partial charge in [0, 0.05) is 6.07 Å². The molecule has 0 bridgehead atoms. The molecule has 0 radical (unpaired) electrons. The summed E-state index contributed by atoms with van der Waals surface area (Å²) < 4.78 is 5.84. The highest BCUT2D eigenvalue weighted by molar-refractivity contribution is 5.50. The van der Waals surface area contributed by atoms with Crippen molar-refractivity contribution in [1.29, 1.82) is 0 Å². The summed E-state index contributed by atoms with van der Waals surface area (Å²) in [4.78, 5) is 0. The number of hydrogen-bond donors (Lipinski definition) is 3. The van der Waals surface area contributed by atoms with Gasteiger partial charge in [0.15, 0.2) is 11.5 Å². The third-order valence-corrected chi connectivity index (χ3v) is 3.37. The predicted octanol–water partition coefficient (Wildman–Crippen LogP) is 2.87. The van der Waals surface area contributed by atoms with Crippen molar-refractivity contribution in [1.82, 2.24) is 0 Å². The van der Waals surface area contributed by atoms with Gasteiger partial charge in [-0.3, -0.25) is 0 Å². The third kappa shape index (κ3) is 2.17. The lowest BCUT2D eigenvalue weighted by Gasteiger charge is -2.26. The zero-order valence-electron chi connectivity index (χ0n) is 10.2. The van der Waals surface area contributed by atoms with E-state index in [0.29, 0.717) is 5.75 Å². The Bertz CT molecular complexity index is 604. The van der Waals surface area contributed by atoms with Crippen molar-refractivity contribution in [2.24, 2.45) is 0 Å². The average Bonchev–Trinajstić information content (AvgIpc) is 2.40. The van der Waals surface area contributed by atoms with Gasteiger partial charge in [0.05, 0.1) is 0 Å². The molecule has 4 nitrogen and oxygen atoms in total. The van der Waals surface area contributed by atoms with Crippen molar-refractivity contribution >= 4 is 0 Å². The monoisotopic (exact) mass is 258 g/mol. The Morgan fingerprint density at radius 3 is 2.37 bits per heavy atom. The van der Waals surface area contributed by atoms with E-state index in [1.165, 1.54) is 12.1 Å². The quantitative estimate of drug-likeness (QED) is 0.688. The molecule has 1 aliphatic rings. The highest BCUT2D eigenvalue weighted by atomic mass is 16.5. The van der Waals surface area contributed by atoms with Crippen LogP contribution in [0.4, 0.5) is 0 Å². The Hall–Kier alpha value is -2.36. The van der Waals surface area contributed by atoms with Crippen LogP contribution in [0.15, 0.2) is 36.4 Å². The van der Waals surface area contributed by atoms with Crippen LogP contribution in [0.2, 0.25) is 0 Å². The van der Waals surface area contributed by atoms with Crippen LogP contribution in [-0.2, 0) is 6.42 Å². The molecule has 98 valence electrons. The minimum absolute atomic E-state index is 0.1000. The summed E-state index contributed by atoms with van der Waals surface area (Å²) in [6, 6.07) is 9.89. The first-order chi connectivity index (χ1) is 9.13. The maximum Gasteiger partial charge on any atom is 0.161 e. The van der Waals surface area contributed by atoms with Gasteiger partial charge >= 0.3 is 0 Å². The fourth-order valence-electron chi connectivity index (χ4n) is 2.33. The first-order valence-corrected chi connectivity index (χ1v) is 6.14. The Balaban J connectivity index is 1.89. The smallest absolute Gasteiger partial charge is 0.161 e. The molecule has 0 fully saturated rings. The molecular formula is C15H14O4. The van der Waals surface area contributed by atoms with Gasteiger partial charge in [-0.1, -0.05) is 12.1 Å². The Labute approximate surface area is 110 Å². The van der Waals surface area contributed by atoms with Crippen molar-refractivity contribution < 1.29 is 20.1 Å². The fourth-order valence-corrected chi connectivity index (χ4v) is 2.33. The van der Waals surface area contributed by atoms with Gasteiger partial charge in [-0.2, -0.15) is 0 Å². The van der Waals surface area contributed by atoms with Crippen LogP contribution in [0.3, 0.4) is 0 Å². The molecule has 0 aliphatic carbocycles. The van der Waals surface area contributed by atoms with E-state index in [0.717, 1.165) is 24.0 Å². The molecular weight excluding hydrogens is 244 g/mol. The van der Waals surface area contributed by atoms with Crippen molar-refractivity contribution in [2.45, 2.75) is 18.9 Å². The summed E-state index contributed by atoms with van der Waals surface area (Å²) in [5, 5.41) is 28.2. The third-order valence-electron chi connectivity index (χ3n) is 3.37. The summed E-state index contributed by atoms with van der Waals surface area (Å²) in [6.07, 6.45) is 1.47. The van der Waals surface area contributed by atoms with Crippen LogP contribution in [0, 0.1) is 0 Å². The van der Waals surface area contributed by atoms with Gasteiger partial charge < -0.3 is 20.1 Å². The lowest BCUT2D eigenvalue weighted by Crippen LogP contribution is -2.14. The van der Waals surface area contributed by atoms with E-state index in [1.54, 1.807) is 12.1 Å². The molecule has 3 rings (SSSR count).